The Kier molecular flexibility index (Phi) is 8.58. The Hall–Kier alpha value is -2.77. The van der Waals surface area contributed by atoms with Crippen LogP contribution in [0.25, 0.3) is 0 Å². The maximum Gasteiger partial charge on any atom is 0.321 e. The van der Waals surface area contributed by atoms with Crippen LogP contribution in [0.3, 0.4) is 0 Å². The van der Waals surface area contributed by atoms with E-state index in [2.05, 4.69) is 5.32 Å². The van der Waals surface area contributed by atoms with Crippen molar-refractivity contribution in [2.24, 2.45) is 5.41 Å². The molecular weight excluding hydrogens is 446 g/mol. The normalized spacial score (nSPS) is 17.0. The number of ether oxygens (including phenoxy) is 2. The lowest BCUT2D eigenvalue weighted by molar-refractivity contribution is -0.164. The van der Waals surface area contributed by atoms with E-state index in [4.69, 9.17) is 21.1 Å². The third kappa shape index (κ3) is 6.39. The molecule has 2 aromatic carbocycles. The number of hydrogen-bond acceptors (Lipinski definition) is 5. The minimum absolute atomic E-state index is 0.0988. The number of rotatable bonds is 12. The molecule has 1 fully saturated rings. The minimum atomic E-state index is -1.67. The lowest BCUT2D eigenvalue weighted by Gasteiger charge is -2.19. The second-order valence-corrected chi connectivity index (χ2v) is 8.84. The number of halogens is 1. The molecule has 1 aliphatic rings. The molecule has 1 aliphatic carbocycles. The molecule has 3 rings (SSSR count). The quantitative estimate of drug-likeness (QED) is 0.305. The molecule has 1 atom stereocenters. The van der Waals surface area contributed by atoms with Gasteiger partial charge in [0.25, 0.3) is 0 Å². The smallest absolute Gasteiger partial charge is 0.321 e. The highest BCUT2D eigenvalue weighted by atomic mass is 35.5. The Bertz CT molecular complexity index is 948. The van der Waals surface area contributed by atoms with Crippen molar-refractivity contribution in [2.45, 2.75) is 51.1 Å². The van der Waals surface area contributed by atoms with Gasteiger partial charge < -0.3 is 25.0 Å². The van der Waals surface area contributed by atoms with Crippen LogP contribution in [-0.4, -0.2) is 41.9 Å². The van der Waals surface area contributed by atoms with E-state index in [9.17, 15) is 19.8 Å². The summed E-state index contributed by atoms with van der Waals surface area (Å²) < 4.78 is 11.0. The number of benzene rings is 2. The highest BCUT2D eigenvalue weighted by Gasteiger charge is 2.51. The van der Waals surface area contributed by atoms with E-state index in [1.54, 1.807) is 7.11 Å². The van der Waals surface area contributed by atoms with Gasteiger partial charge in [-0.25, -0.2) is 0 Å². The molecule has 0 aromatic heterocycles. The molecule has 33 heavy (non-hydrogen) atoms. The van der Waals surface area contributed by atoms with Crippen LogP contribution in [0.2, 0.25) is 5.02 Å². The van der Waals surface area contributed by atoms with E-state index < -0.39 is 17.4 Å². The Labute approximate surface area is 198 Å². The average Bonchev–Trinajstić information content (AvgIpc) is 3.24. The number of aliphatic carboxylic acids is 2. The maximum atomic E-state index is 11.4. The first-order chi connectivity index (χ1) is 15.8. The highest BCUT2D eigenvalue weighted by Crippen LogP contribution is 2.39. The molecule has 0 spiro atoms. The summed E-state index contributed by atoms with van der Waals surface area (Å²) in [5.41, 5.74) is 0.528. The standard InChI is InChI=1S/C25H30ClNO6/c1-32-22-10-7-17(14-21(22)26)4-2-3-13-33-20-8-5-18(6-9-20)16-27-19-11-12-25(15-19,23(28)29)24(30)31/h5-10,14,19,27H,2-4,11-13,15-16H2,1H3,(H,28,29)(H,30,31). The summed E-state index contributed by atoms with van der Waals surface area (Å²) in [6, 6.07) is 13.4. The van der Waals surface area contributed by atoms with Gasteiger partial charge in [-0.05, 0) is 73.9 Å². The van der Waals surface area contributed by atoms with Gasteiger partial charge in [0.05, 0.1) is 18.7 Å². The first-order valence-corrected chi connectivity index (χ1v) is 11.5. The molecule has 2 aromatic rings. The number of nitrogens with one attached hydrogen (secondary N) is 1. The SMILES string of the molecule is COc1ccc(CCCCOc2ccc(CNC3CCC(C(=O)O)(C(=O)O)C3)cc2)cc1Cl. The molecule has 0 heterocycles. The van der Waals surface area contributed by atoms with Crippen molar-refractivity contribution in [3.05, 3.63) is 58.6 Å². The fourth-order valence-corrected chi connectivity index (χ4v) is 4.43. The zero-order valence-electron chi connectivity index (χ0n) is 18.7. The summed E-state index contributed by atoms with van der Waals surface area (Å²) in [5.74, 6) is -1.04. The van der Waals surface area contributed by atoms with Crippen molar-refractivity contribution >= 4 is 23.5 Å². The van der Waals surface area contributed by atoms with E-state index >= 15 is 0 Å². The second kappa shape index (κ2) is 11.4. The topological polar surface area (TPSA) is 105 Å². The fourth-order valence-electron chi connectivity index (χ4n) is 4.15. The third-order valence-corrected chi connectivity index (χ3v) is 6.49. The highest BCUT2D eigenvalue weighted by molar-refractivity contribution is 6.32. The molecule has 1 saturated carbocycles. The van der Waals surface area contributed by atoms with Crippen molar-refractivity contribution in [1.29, 1.82) is 0 Å². The summed E-state index contributed by atoms with van der Waals surface area (Å²) >= 11 is 6.16. The van der Waals surface area contributed by atoms with E-state index in [0.29, 0.717) is 30.3 Å². The average molecular weight is 476 g/mol. The molecule has 7 nitrogen and oxygen atoms in total. The molecule has 1 unspecified atom stereocenters. The van der Waals surface area contributed by atoms with Gasteiger partial charge in [-0.2, -0.15) is 0 Å². The number of methoxy groups -OCH3 is 1. The van der Waals surface area contributed by atoms with Crippen LogP contribution >= 0.6 is 11.6 Å². The van der Waals surface area contributed by atoms with E-state index in [-0.39, 0.29) is 18.9 Å². The molecule has 0 bridgehead atoms. The number of unbranched alkanes of at least 4 members (excludes halogenated alkanes) is 1. The predicted octanol–water partition coefficient (Wildman–Crippen LogP) is 4.55. The zero-order valence-corrected chi connectivity index (χ0v) is 19.4. The van der Waals surface area contributed by atoms with Crippen LogP contribution < -0.4 is 14.8 Å². The van der Waals surface area contributed by atoms with Crippen molar-refractivity contribution < 1.29 is 29.3 Å². The number of carbonyl (C=O) groups is 2. The maximum absolute atomic E-state index is 11.4. The third-order valence-electron chi connectivity index (χ3n) is 6.20. The first-order valence-electron chi connectivity index (χ1n) is 11.1. The van der Waals surface area contributed by atoms with E-state index in [0.717, 1.165) is 30.6 Å². The lowest BCUT2D eigenvalue weighted by atomic mass is 9.86. The van der Waals surface area contributed by atoms with Gasteiger partial charge in [-0.15, -0.1) is 0 Å². The summed E-state index contributed by atoms with van der Waals surface area (Å²) in [6.07, 6.45) is 3.60. The first kappa shape index (κ1) is 24.9. The van der Waals surface area contributed by atoms with Crippen LogP contribution in [0.1, 0.15) is 43.2 Å². The van der Waals surface area contributed by atoms with Gasteiger partial charge in [-0.3, -0.25) is 9.59 Å². The van der Waals surface area contributed by atoms with Gasteiger partial charge in [0.2, 0.25) is 0 Å². The monoisotopic (exact) mass is 475 g/mol. The molecule has 0 aliphatic heterocycles. The second-order valence-electron chi connectivity index (χ2n) is 8.43. The number of aryl methyl sites for hydroxylation is 1. The van der Waals surface area contributed by atoms with Gasteiger partial charge in [0.15, 0.2) is 5.41 Å². The molecule has 0 radical (unpaired) electrons. The zero-order chi connectivity index (χ0) is 23.8. The number of carboxylic acids is 2. The lowest BCUT2D eigenvalue weighted by Crippen LogP contribution is -2.39. The Balaban J connectivity index is 1.36. The summed E-state index contributed by atoms with van der Waals surface area (Å²) in [6.45, 7) is 1.17. The minimum Gasteiger partial charge on any atom is -0.495 e. The molecule has 3 N–H and O–H groups in total. The number of carboxylic acid groups (broad SMARTS) is 2. The van der Waals surface area contributed by atoms with Gasteiger partial charge >= 0.3 is 11.9 Å². The predicted molar refractivity (Wildman–Crippen MR) is 125 cm³/mol. The van der Waals surface area contributed by atoms with Gasteiger partial charge in [-0.1, -0.05) is 29.8 Å². The van der Waals surface area contributed by atoms with Crippen molar-refractivity contribution in [1.82, 2.24) is 5.32 Å². The fraction of sp³-hybridized carbons (Fsp3) is 0.440. The van der Waals surface area contributed by atoms with Gasteiger partial charge in [0, 0.05) is 12.6 Å². The summed E-state index contributed by atoms with van der Waals surface area (Å²) in [4.78, 5) is 22.9. The van der Waals surface area contributed by atoms with Crippen LogP contribution in [-0.2, 0) is 22.6 Å². The largest absolute Gasteiger partial charge is 0.495 e. The molecule has 8 heteroatoms. The molecule has 0 saturated heterocycles. The van der Waals surface area contributed by atoms with Crippen molar-refractivity contribution in [2.75, 3.05) is 13.7 Å². The molecule has 0 amide bonds. The van der Waals surface area contributed by atoms with Crippen LogP contribution in [0.5, 0.6) is 11.5 Å². The van der Waals surface area contributed by atoms with Crippen LogP contribution in [0.4, 0.5) is 0 Å². The Morgan fingerprint density at radius 1 is 1.09 bits per heavy atom. The van der Waals surface area contributed by atoms with Gasteiger partial charge in [0.1, 0.15) is 11.5 Å². The molecule has 178 valence electrons. The van der Waals surface area contributed by atoms with Crippen LogP contribution in [0.15, 0.2) is 42.5 Å². The Morgan fingerprint density at radius 3 is 2.39 bits per heavy atom. The number of hydrogen-bond donors (Lipinski definition) is 3. The summed E-state index contributed by atoms with van der Waals surface area (Å²) in [5, 5.41) is 22.6. The summed E-state index contributed by atoms with van der Waals surface area (Å²) in [7, 11) is 1.60. The van der Waals surface area contributed by atoms with Crippen LogP contribution in [0, 0.1) is 5.41 Å². The van der Waals surface area contributed by atoms with Crippen molar-refractivity contribution in [3.8, 4) is 11.5 Å². The Morgan fingerprint density at radius 2 is 1.79 bits per heavy atom. The molecular formula is C25H30ClNO6. The van der Waals surface area contributed by atoms with E-state index in [1.165, 1.54) is 5.56 Å². The van der Waals surface area contributed by atoms with Crippen molar-refractivity contribution in [3.63, 3.8) is 0 Å². The van der Waals surface area contributed by atoms with E-state index in [1.807, 2.05) is 42.5 Å².